The minimum Gasteiger partial charge on any atom is -0.286 e. The number of carbonyl (C=O) groups is 1. The van der Waals surface area contributed by atoms with Gasteiger partial charge < -0.3 is 0 Å². The second kappa shape index (κ2) is 3.67. The smallest absolute Gasteiger partial charge is 0.222 e. The van der Waals surface area contributed by atoms with Crippen LogP contribution in [0, 0.1) is 6.92 Å². The summed E-state index contributed by atoms with van der Waals surface area (Å²) in [6.45, 7) is 1.84. The van der Waals surface area contributed by atoms with Crippen molar-refractivity contribution < 1.29 is 4.79 Å². The first-order chi connectivity index (χ1) is 6.77. The molecule has 3 nitrogen and oxygen atoms in total. The minimum atomic E-state index is -0.0625. The molecule has 0 amide bonds. The van der Waals surface area contributed by atoms with Crippen LogP contribution in [0.1, 0.15) is 21.1 Å². The number of hydrogen-bond acceptors (Lipinski definition) is 4. The number of ketones is 1. The van der Waals surface area contributed by atoms with Crippen LogP contribution in [-0.2, 0) is 0 Å². The van der Waals surface area contributed by atoms with E-state index in [1.807, 2.05) is 18.4 Å². The average molecular weight is 204 g/mol. The molecule has 2 rings (SSSR count). The lowest BCUT2D eigenvalue weighted by Gasteiger charge is -1.96. The third kappa shape index (κ3) is 1.70. The van der Waals surface area contributed by atoms with E-state index in [-0.39, 0.29) is 5.78 Å². The van der Waals surface area contributed by atoms with E-state index in [0.29, 0.717) is 10.6 Å². The maximum absolute atomic E-state index is 11.7. The van der Waals surface area contributed by atoms with Gasteiger partial charge in [-0.2, -0.15) is 0 Å². The molecule has 0 bridgehead atoms. The van der Waals surface area contributed by atoms with Crippen molar-refractivity contribution in [3.05, 3.63) is 46.2 Å². The fourth-order valence-electron chi connectivity index (χ4n) is 1.04. The normalized spacial score (nSPS) is 10.1. The van der Waals surface area contributed by atoms with E-state index in [0.717, 1.165) is 5.69 Å². The fourth-order valence-corrected chi connectivity index (χ4v) is 1.72. The van der Waals surface area contributed by atoms with Gasteiger partial charge in [0, 0.05) is 6.20 Å². The van der Waals surface area contributed by atoms with Crippen molar-refractivity contribution in [2.45, 2.75) is 6.92 Å². The number of rotatable bonds is 2. The Morgan fingerprint density at radius 2 is 2.21 bits per heavy atom. The van der Waals surface area contributed by atoms with Gasteiger partial charge in [0.25, 0.3) is 0 Å². The summed E-state index contributed by atoms with van der Waals surface area (Å²) in [4.78, 5) is 20.5. The predicted molar refractivity (Wildman–Crippen MR) is 54.5 cm³/mol. The summed E-state index contributed by atoms with van der Waals surface area (Å²) < 4.78 is 0. The number of carbonyl (C=O) groups excluding carboxylic acids is 1. The zero-order valence-corrected chi connectivity index (χ0v) is 8.41. The zero-order valence-electron chi connectivity index (χ0n) is 7.60. The van der Waals surface area contributed by atoms with Crippen LogP contribution in [0.15, 0.2) is 29.9 Å². The molecule has 2 heterocycles. The third-order valence-electron chi connectivity index (χ3n) is 1.76. The molecule has 0 saturated carbocycles. The van der Waals surface area contributed by atoms with Gasteiger partial charge in [-0.25, -0.2) is 4.98 Å². The lowest BCUT2D eigenvalue weighted by atomic mass is 10.2. The number of nitrogens with zero attached hydrogens (tertiary/aromatic N) is 2. The van der Waals surface area contributed by atoms with E-state index in [9.17, 15) is 4.79 Å². The fraction of sp³-hybridized carbons (Fsp3) is 0.100. The van der Waals surface area contributed by atoms with E-state index < -0.39 is 0 Å². The molecular formula is C10H8N2OS. The molecule has 14 heavy (non-hydrogen) atoms. The molecule has 0 spiro atoms. The highest BCUT2D eigenvalue weighted by Crippen LogP contribution is 2.12. The Morgan fingerprint density at radius 3 is 2.79 bits per heavy atom. The van der Waals surface area contributed by atoms with Crippen LogP contribution in [0.5, 0.6) is 0 Å². The van der Waals surface area contributed by atoms with Crippen molar-refractivity contribution >= 4 is 17.1 Å². The van der Waals surface area contributed by atoms with Crippen LogP contribution < -0.4 is 0 Å². The largest absolute Gasteiger partial charge is 0.286 e. The lowest BCUT2D eigenvalue weighted by Crippen LogP contribution is -2.02. The van der Waals surface area contributed by atoms with Gasteiger partial charge in [0.15, 0.2) is 0 Å². The van der Waals surface area contributed by atoms with Crippen molar-refractivity contribution in [3.8, 4) is 0 Å². The number of aryl methyl sites for hydroxylation is 1. The van der Waals surface area contributed by atoms with E-state index >= 15 is 0 Å². The first-order valence-electron chi connectivity index (χ1n) is 4.14. The van der Waals surface area contributed by atoms with Crippen molar-refractivity contribution in [2.75, 3.05) is 0 Å². The first-order valence-corrected chi connectivity index (χ1v) is 5.02. The van der Waals surface area contributed by atoms with Crippen LogP contribution in [0.25, 0.3) is 0 Å². The number of aromatic nitrogens is 2. The van der Waals surface area contributed by atoms with E-state index in [4.69, 9.17) is 0 Å². The minimum absolute atomic E-state index is 0.0625. The van der Waals surface area contributed by atoms with Crippen LogP contribution in [0.4, 0.5) is 0 Å². The monoisotopic (exact) mass is 204 g/mol. The standard InChI is InChI=1S/C10H8N2OS/c1-7-5-12-8(6-11-7)10(13)9-3-2-4-14-9/h2-6H,1H3. The highest BCUT2D eigenvalue weighted by molar-refractivity contribution is 7.12. The van der Waals surface area contributed by atoms with Crippen LogP contribution in [0.2, 0.25) is 0 Å². The summed E-state index contributed by atoms with van der Waals surface area (Å²) in [7, 11) is 0. The SMILES string of the molecule is Cc1cnc(C(=O)c2cccs2)cn1. The number of hydrogen-bond donors (Lipinski definition) is 0. The Bertz CT molecular complexity index is 434. The molecule has 2 aromatic heterocycles. The predicted octanol–water partition coefficient (Wildman–Crippen LogP) is 2.08. The van der Waals surface area contributed by atoms with Crippen molar-refractivity contribution in [2.24, 2.45) is 0 Å². The summed E-state index contributed by atoms with van der Waals surface area (Å²) in [5.74, 6) is -0.0625. The molecule has 4 heteroatoms. The topological polar surface area (TPSA) is 42.9 Å². The molecule has 70 valence electrons. The Hall–Kier alpha value is -1.55. The second-order valence-corrected chi connectivity index (χ2v) is 3.80. The van der Waals surface area contributed by atoms with Gasteiger partial charge in [-0.05, 0) is 18.4 Å². The molecule has 0 unspecified atom stereocenters. The van der Waals surface area contributed by atoms with Gasteiger partial charge in [0.05, 0.1) is 16.8 Å². The molecule has 2 aromatic rings. The van der Waals surface area contributed by atoms with Crippen molar-refractivity contribution in [3.63, 3.8) is 0 Å². The summed E-state index contributed by atoms with van der Waals surface area (Å²) in [6.07, 6.45) is 3.11. The van der Waals surface area contributed by atoms with Crippen LogP contribution in [-0.4, -0.2) is 15.8 Å². The van der Waals surface area contributed by atoms with E-state index in [1.54, 1.807) is 12.3 Å². The van der Waals surface area contributed by atoms with Crippen molar-refractivity contribution in [1.29, 1.82) is 0 Å². The molecule has 0 fully saturated rings. The molecule has 0 atom stereocenters. The Balaban J connectivity index is 2.33. The van der Waals surface area contributed by atoms with Gasteiger partial charge in [0.2, 0.25) is 5.78 Å². The van der Waals surface area contributed by atoms with E-state index in [2.05, 4.69) is 9.97 Å². The lowest BCUT2D eigenvalue weighted by molar-refractivity contribution is 0.103. The summed E-state index contributed by atoms with van der Waals surface area (Å²) in [6, 6.07) is 3.63. The highest BCUT2D eigenvalue weighted by Gasteiger charge is 2.10. The van der Waals surface area contributed by atoms with Crippen LogP contribution >= 0.6 is 11.3 Å². The van der Waals surface area contributed by atoms with Gasteiger partial charge in [-0.3, -0.25) is 9.78 Å². The highest BCUT2D eigenvalue weighted by atomic mass is 32.1. The third-order valence-corrected chi connectivity index (χ3v) is 2.63. The Labute approximate surface area is 85.5 Å². The summed E-state index contributed by atoms with van der Waals surface area (Å²) in [5, 5.41) is 1.87. The second-order valence-electron chi connectivity index (χ2n) is 2.85. The van der Waals surface area contributed by atoms with Gasteiger partial charge in [-0.1, -0.05) is 6.07 Å². The molecular weight excluding hydrogens is 196 g/mol. The van der Waals surface area contributed by atoms with Gasteiger partial charge >= 0.3 is 0 Å². The van der Waals surface area contributed by atoms with E-state index in [1.165, 1.54) is 17.5 Å². The quantitative estimate of drug-likeness (QED) is 0.703. The van der Waals surface area contributed by atoms with Gasteiger partial charge in [0.1, 0.15) is 5.69 Å². The molecule has 0 saturated heterocycles. The Kier molecular flexibility index (Phi) is 2.37. The molecule has 0 aliphatic rings. The Morgan fingerprint density at radius 1 is 1.36 bits per heavy atom. The molecule has 0 aliphatic heterocycles. The summed E-state index contributed by atoms with van der Waals surface area (Å²) in [5.41, 5.74) is 1.21. The molecule has 0 aromatic carbocycles. The maximum Gasteiger partial charge on any atom is 0.222 e. The molecule has 0 aliphatic carbocycles. The van der Waals surface area contributed by atoms with Gasteiger partial charge in [-0.15, -0.1) is 11.3 Å². The molecule has 0 radical (unpaired) electrons. The first kappa shape index (κ1) is 9.02. The zero-order chi connectivity index (χ0) is 9.97. The average Bonchev–Trinajstić information content (AvgIpc) is 2.71. The van der Waals surface area contributed by atoms with Crippen molar-refractivity contribution in [1.82, 2.24) is 9.97 Å². The number of thiophene rings is 1. The van der Waals surface area contributed by atoms with Crippen LogP contribution in [0.3, 0.4) is 0 Å². The summed E-state index contributed by atoms with van der Waals surface area (Å²) >= 11 is 1.41. The molecule has 0 N–H and O–H groups in total. The maximum atomic E-state index is 11.7.